The van der Waals surface area contributed by atoms with Crippen molar-refractivity contribution in [1.29, 1.82) is 0 Å². The smallest absolute Gasteiger partial charge is 0.240 e. The fourth-order valence-electron chi connectivity index (χ4n) is 1.06. The molecule has 0 heterocycles. The standard InChI is InChI=1S/C8H10FNO3S/c9-7-5-6(3-4-11)1-2-8(7)14(10,12)13/h1-2,5,11H,3-4H2,(H2,10,12,13). The lowest BCUT2D eigenvalue weighted by molar-refractivity contribution is 0.299. The molecule has 3 N–H and O–H groups in total. The quantitative estimate of drug-likeness (QED) is 0.751. The van der Waals surface area contributed by atoms with E-state index in [9.17, 15) is 12.8 Å². The summed E-state index contributed by atoms with van der Waals surface area (Å²) in [5.74, 6) is -0.890. The molecule has 0 bridgehead atoms. The van der Waals surface area contributed by atoms with E-state index < -0.39 is 20.7 Å². The Kier molecular flexibility index (Phi) is 3.20. The Balaban J connectivity index is 3.15. The van der Waals surface area contributed by atoms with Gasteiger partial charge in [0.2, 0.25) is 10.0 Å². The van der Waals surface area contributed by atoms with Gasteiger partial charge in [-0.25, -0.2) is 17.9 Å². The number of hydrogen-bond donors (Lipinski definition) is 2. The maximum atomic E-state index is 13.1. The molecule has 1 aromatic rings. The molecule has 0 aromatic heterocycles. The van der Waals surface area contributed by atoms with Crippen molar-refractivity contribution in [2.75, 3.05) is 6.61 Å². The molecular formula is C8H10FNO3S. The molecule has 0 aliphatic heterocycles. The summed E-state index contributed by atoms with van der Waals surface area (Å²) in [7, 11) is -4.00. The zero-order chi connectivity index (χ0) is 10.8. The van der Waals surface area contributed by atoms with Gasteiger partial charge in [-0.1, -0.05) is 6.07 Å². The molecule has 78 valence electrons. The summed E-state index contributed by atoms with van der Waals surface area (Å²) in [4.78, 5) is -0.529. The lowest BCUT2D eigenvalue weighted by Crippen LogP contribution is -2.14. The number of primary sulfonamides is 1. The van der Waals surface area contributed by atoms with Crippen molar-refractivity contribution in [3.63, 3.8) is 0 Å². The number of aliphatic hydroxyl groups is 1. The fourth-order valence-corrected chi connectivity index (χ4v) is 1.65. The predicted molar refractivity (Wildman–Crippen MR) is 48.6 cm³/mol. The van der Waals surface area contributed by atoms with Crippen LogP contribution in [0, 0.1) is 5.82 Å². The highest BCUT2D eigenvalue weighted by Crippen LogP contribution is 2.14. The van der Waals surface area contributed by atoms with Gasteiger partial charge < -0.3 is 5.11 Å². The highest BCUT2D eigenvalue weighted by molar-refractivity contribution is 7.89. The predicted octanol–water partition coefficient (Wildman–Crippen LogP) is 0.00790. The molecule has 1 rings (SSSR count). The van der Waals surface area contributed by atoms with Gasteiger partial charge in [-0.05, 0) is 24.1 Å². The van der Waals surface area contributed by atoms with Gasteiger partial charge in [-0.3, -0.25) is 0 Å². The van der Waals surface area contributed by atoms with Crippen molar-refractivity contribution in [3.8, 4) is 0 Å². The van der Waals surface area contributed by atoms with Crippen LogP contribution in [0.1, 0.15) is 5.56 Å². The first-order valence-corrected chi connectivity index (χ1v) is 5.42. The third kappa shape index (κ3) is 2.50. The first kappa shape index (κ1) is 11.1. The second kappa shape index (κ2) is 4.04. The molecule has 0 saturated heterocycles. The molecule has 6 heteroatoms. The minimum Gasteiger partial charge on any atom is -0.396 e. The first-order valence-electron chi connectivity index (χ1n) is 3.87. The Hall–Kier alpha value is -0.980. The van der Waals surface area contributed by atoms with E-state index in [1.807, 2.05) is 0 Å². The van der Waals surface area contributed by atoms with Gasteiger partial charge in [0.15, 0.2) is 0 Å². The molecule has 0 spiro atoms. The maximum absolute atomic E-state index is 13.1. The highest BCUT2D eigenvalue weighted by Gasteiger charge is 2.13. The van der Waals surface area contributed by atoms with Gasteiger partial charge in [0.25, 0.3) is 0 Å². The molecule has 0 amide bonds. The van der Waals surface area contributed by atoms with Crippen LogP contribution in [0.3, 0.4) is 0 Å². The number of aliphatic hydroxyl groups excluding tert-OH is 1. The highest BCUT2D eigenvalue weighted by atomic mass is 32.2. The second-order valence-electron chi connectivity index (χ2n) is 2.78. The Morgan fingerprint density at radius 1 is 1.43 bits per heavy atom. The van der Waals surface area contributed by atoms with Crippen LogP contribution < -0.4 is 5.14 Å². The molecule has 0 aliphatic carbocycles. The SMILES string of the molecule is NS(=O)(=O)c1ccc(CCO)cc1F. The minimum absolute atomic E-state index is 0.117. The van der Waals surface area contributed by atoms with E-state index in [1.165, 1.54) is 6.07 Å². The third-order valence-electron chi connectivity index (χ3n) is 1.70. The largest absolute Gasteiger partial charge is 0.396 e. The normalized spacial score (nSPS) is 11.6. The molecule has 0 saturated carbocycles. The van der Waals surface area contributed by atoms with Crippen LogP contribution in [-0.2, 0) is 16.4 Å². The number of halogens is 1. The van der Waals surface area contributed by atoms with Crippen LogP contribution in [0.2, 0.25) is 0 Å². The Morgan fingerprint density at radius 2 is 2.07 bits per heavy atom. The van der Waals surface area contributed by atoms with E-state index in [-0.39, 0.29) is 13.0 Å². The Morgan fingerprint density at radius 3 is 2.50 bits per heavy atom. The number of hydrogen-bond acceptors (Lipinski definition) is 3. The molecule has 0 unspecified atom stereocenters. The molecule has 0 aliphatic rings. The third-order valence-corrected chi connectivity index (χ3v) is 2.65. The van der Waals surface area contributed by atoms with Gasteiger partial charge in [0, 0.05) is 6.61 Å². The second-order valence-corrected chi connectivity index (χ2v) is 4.31. The van der Waals surface area contributed by atoms with E-state index in [4.69, 9.17) is 10.2 Å². The van der Waals surface area contributed by atoms with Crippen molar-refractivity contribution in [1.82, 2.24) is 0 Å². The molecule has 14 heavy (non-hydrogen) atoms. The summed E-state index contributed by atoms with van der Waals surface area (Å²) in [5, 5.41) is 13.3. The number of nitrogens with two attached hydrogens (primary N) is 1. The van der Waals surface area contributed by atoms with Crippen LogP contribution >= 0.6 is 0 Å². The molecule has 0 radical (unpaired) electrons. The molecule has 1 aromatic carbocycles. The van der Waals surface area contributed by atoms with Crippen LogP contribution in [0.25, 0.3) is 0 Å². The van der Waals surface area contributed by atoms with Crippen molar-refractivity contribution >= 4 is 10.0 Å². The van der Waals surface area contributed by atoms with Gasteiger partial charge in [-0.2, -0.15) is 0 Å². The van der Waals surface area contributed by atoms with Crippen LogP contribution in [0.15, 0.2) is 23.1 Å². The van der Waals surface area contributed by atoms with E-state index in [2.05, 4.69) is 0 Å². The van der Waals surface area contributed by atoms with Crippen molar-refractivity contribution in [2.24, 2.45) is 5.14 Å². The van der Waals surface area contributed by atoms with Crippen molar-refractivity contribution in [3.05, 3.63) is 29.6 Å². The molecule has 0 atom stereocenters. The number of rotatable bonds is 3. The Labute approximate surface area is 81.2 Å². The minimum atomic E-state index is -4.00. The van der Waals surface area contributed by atoms with Crippen molar-refractivity contribution in [2.45, 2.75) is 11.3 Å². The zero-order valence-electron chi connectivity index (χ0n) is 7.27. The van der Waals surface area contributed by atoms with Crippen LogP contribution in [0.5, 0.6) is 0 Å². The van der Waals surface area contributed by atoms with Crippen LogP contribution in [-0.4, -0.2) is 20.1 Å². The maximum Gasteiger partial charge on any atom is 0.240 e. The van der Waals surface area contributed by atoms with Gasteiger partial charge >= 0.3 is 0 Å². The summed E-state index contributed by atoms with van der Waals surface area (Å²) < 4.78 is 34.8. The summed E-state index contributed by atoms with van der Waals surface area (Å²) in [6.45, 7) is -0.117. The average Bonchev–Trinajstić information content (AvgIpc) is 2.02. The Bertz CT molecular complexity index is 430. The summed E-state index contributed by atoms with van der Waals surface area (Å²) >= 11 is 0. The fraction of sp³-hybridized carbons (Fsp3) is 0.250. The zero-order valence-corrected chi connectivity index (χ0v) is 8.09. The van der Waals surface area contributed by atoms with Gasteiger partial charge in [-0.15, -0.1) is 0 Å². The van der Waals surface area contributed by atoms with Gasteiger partial charge in [0.1, 0.15) is 10.7 Å². The molecule has 4 nitrogen and oxygen atoms in total. The first-order chi connectivity index (χ1) is 6.45. The molecule has 0 fully saturated rings. The topological polar surface area (TPSA) is 80.4 Å². The van der Waals surface area contributed by atoms with Crippen molar-refractivity contribution < 1.29 is 17.9 Å². The lowest BCUT2D eigenvalue weighted by atomic mass is 10.1. The average molecular weight is 219 g/mol. The monoisotopic (exact) mass is 219 g/mol. The van der Waals surface area contributed by atoms with E-state index in [0.29, 0.717) is 5.56 Å². The lowest BCUT2D eigenvalue weighted by Gasteiger charge is -2.02. The number of benzene rings is 1. The summed E-state index contributed by atoms with van der Waals surface area (Å²) in [5.41, 5.74) is 0.525. The van der Waals surface area contributed by atoms with Gasteiger partial charge in [0.05, 0.1) is 0 Å². The summed E-state index contributed by atoms with van der Waals surface area (Å²) in [6, 6.07) is 3.56. The van der Waals surface area contributed by atoms with Crippen LogP contribution in [0.4, 0.5) is 4.39 Å². The summed E-state index contributed by atoms with van der Waals surface area (Å²) in [6.07, 6.45) is 0.280. The van der Waals surface area contributed by atoms with E-state index in [1.54, 1.807) is 0 Å². The molecular weight excluding hydrogens is 209 g/mol. The number of sulfonamides is 1. The van der Waals surface area contributed by atoms with E-state index >= 15 is 0 Å². The van der Waals surface area contributed by atoms with E-state index in [0.717, 1.165) is 12.1 Å².